The van der Waals surface area contributed by atoms with E-state index >= 15 is 0 Å². The highest BCUT2D eigenvalue weighted by Gasteiger charge is 2.28. The summed E-state index contributed by atoms with van der Waals surface area (Å²) in [6.07, 6.45) is 0. The van der Waals surface area contributed by atoms with Crippen LogP contribution in [0.25, 0.3) is 11.3 Å². The highest BCUT2D eigenvalue weighted by atomic mass is 35.5. The van der Waals surface area contributed by atoms with Crippen LogP contribution in [-0.2, 0) is 19.3 Å². The van der Waals surface area contributed by atoms with Crippen molar-refractivity contribution in [1.82, 2.24) is 15.1 Å². The number of carbonyl (C=O) groups is 1. The number of ether oxygens (including phenoxy) is 2. The lowest BCUT2D eigenvalue weighted by Crippen LogP contribution is -2.24. The second-order valence-corrected chi connectivity index (χ2v) is 8.05. The third kappa shape index (κ3) is 2.91. The van der Waals surface area contributed by atoms with E-state index in [0.717, 1.165) is 33.0 Å². The molecular formula is C20H16ClN3O3S. The third-order valence-electron chi connectivity index (χ3n) is 4.82. The van der Waals surface area contributed by atoms with Crippen LogP contribution >= 0.6 is 23.4 Å². The van der Waals surface area contributed by atoms with Crippen molar-refractivity contribution in [2.24, 2.45) is 7.05 Å². The molecule has 0 bridgehead atoms. The maximum atomic E-state index is 12.8. The predicted molar refractivity (Wildman–Crippen MR) is 107 cm³/mol. The van der Waals surface area contributed by atoms with Gasteiger partial charge in [-0.25, -0.2) is 0 Å². The molecular weight excluding hydrogens is 398 g/mol. The van der Waals surface area contributed by atoms with Crippen molar-refractivity contribution < 1.29 is 14.3 Å². The zero-order valence-corrected chi connectivity index (χ0v) is 16.6. The molecule has 28 heavy (non-hydrogen) atoms. The number of aromatic nitrogens is 2. The fourth-order valence-corrected chi connectivity index (χ4v) is 4.72. The summed E-state index contributed by atoms with van der Waals surface area (Å²) in [6.45, 7) is 0.616. The molecule has 1 amide bonds. The number of hydrogen-bond acceptors (Lipinski definition) is 5. The Morgan fingerprint density at radius 1 is 1.25 bits per heavy atom. The number of nitrogens with zero attached hydrogens (tertiary/aromatic N) is 2. The molecule has 0 saturated heterocycles. The van der Waals surface area contributed by atoms with Crippen LogP contribution < -0.4 is 14.8 Å². The van der Waals surface area contributed by atoms with Gasteiger partial charge in [0.15, 0.2) is 17.2 Å². The van der Waals surface area contributed by atoms with Gasteiger partial charge in [0.05, 0.1) is 5.69 Å². The summed E-state index contributed by atoms with van der Waals surface area (Å²) >= 11 is 7.88. The number of hydrogen-bond donors (Lipinski definition) is 1. The van der Waals surface area contributed by atoms with Crippen molar-refractivity contribution >= 4 is 29.3 Å². The van der Waals surface area contributed by atoms with Crippen LogP contribution in [0.2, 0.25) is 5.02 Å². The summed E-state index contributed by atoms with van der Waals surface area (Å²) in [4.78, 5) is 14.0. The van der Waals surface area contributed by atoms with Gasteiger partial charge in [-0.2, -0.15) is 5.10 Å². The summed E-state index contributed by atoms with van der Waals surface area (Å²) in [5.74, 6) is 1.93. The van der Waals surface area contributed by atoms with Gasteiger partial charge in [0, 0.05) is 40.4 Å². The molecule has 1 N–H and O–H groups in total. The predicted octanol–water partition coefficient (Wildman–Crippen LogP) is 4.00. The number of benzene rings is 2. The van der Waals surface area contributed by atoms with E-state index in [1.807, 2.05) is 43.4 Å². The summed E-state index contributed by atoms with van der Waals surface area (Å²) in [6, 6.07) is 11.5. The molecule has 1 aromatic heterocycles. The lowest BCUT2D eigenvalue weighted by molar-refractivity contribution is 0.0944. The minimum absolute atomic E-state index is 0.194. The quantitative estimate of drug-likeness (QED) is 0.703. The topological polar surface area (TPSA) is 65.4 Å². The zero-order valence-electron chi connectivity index (χ0n) is 15.0. The van der Waals surface area contributed by atoms with Gasteiger partial charge < -0.3 is 14.8 Å². The molecule has 8 heteroatoms. The Bertz CT molecular complexity index is 1110. The van der Waals surface area contributed by atoms with E-state index in [1.54, 1.807) is 16.4 Å². The number of aryl methyl sites for hydroxylation is 1. The molecule has 0 aliphatic carbocycles. The van der Waals surface area contributed by atoms with Crippen molar-refractivity contribution in [3.63, 3.8) is 0 Å². The van der Waals surface area contributed by atoms with Crippen LogP contribution in [0.15, 0.2) is 41.3 Å². The summed E-state index contributed by atoms with van der Waals surface area (Å²) in [5, 5.41) is 8.12. The van der Waals surface area contributed by atoms with Gasteiger partial charge in [-0.05, 0) is 35.9 Å². The molecule has 6 nitrogen and oxygen atoms in total. The van der Waals surface area contributed by atoms with Gasteiger partial charge in [0.2, 0.25) is 6.79 Å². The van der Waals surface area contributed by atoms with Crippen LogP contribution in [0, 0.1) is 0 Å². The number of thioether (sulfide) groups is 1. The second kappa shape index (κ2) is 6.76. The van der Waals surface area contributed by atoms with E-state index in [4.69, 9.17) is 21.1 Å². The zero-order chi connectivity index (χ0) is 19.3. The molecule has 142 valence electrons. The van der Waals surface area contributed by atoms with Gasteiger partial charge >= 0.3 is 0 Å². The molecule has 0 unspecified atom stereocenters. The smallest absolute Gasteiger partial charge is 0.272 e. The first-order chi connectivity index (χ1) is 13.6. The first-order valence-electron chi connectivity index (χ1n) is 8.75. The molecule has 0 radical (unpaired) electrons. The Labute approximate surface area is 170 Å². The van der Waals surface area contributed by atoms with E-state index in [9.17, 15) is 4.79 Å². The molecule has 3 heterocycles. The molecule has 3 aromatic rings. The van der Waals surface area contributed by atoms with Crippen molar-refractivity contribution in [3.8, 4) is 22.8 Å². The lowest BCUT2D eigenvalue weighted by Gasteiger charge is -2.17. The van der Waals surface area contributed by atoms with Gasteiger partial charge in [0.25, 0.3) is 5.91 Å². The van der Waals surface area contributed by atoms with Crippen LogP contribution in [0.4, 0.5) is 0 Å². The van der Waals surface area contributed by atoms with Gasteiger partial charge in [-0.3, -0.25) is 9.48 Å². The Morgan fingerprint density at radius 3 is 3.00 bits per heavy atom. The van der Waals surface area contributed by atoms with E-state index < -0.39 is 0 Å². The number of nitrogens with one attached hydrogen (secondary N) is 1. The van der Waals surface area contributed by atoms with Crippen molar-refractivity contribution in [2.75, 3.05) is 6.79 Å². The molecule has 0 fully saturated rings. The van der Waals surface area contributed by atoms with Gasteiger partial charge in [0.1, 0.15) is 0 Å². The fraction of sp³-hybridized carbons (Fsp3) is 0.200. The number of halogens is 1. The second-order valence-electron chi connectivity index (χ2n) is 6.60. The van der Waals surface area contributed by atoms with Crippen LogP contribution in [-0.4, -0.2) is 22.5 Å². The van der Waals surface area contributed by atoms with Crippen LogP contribution in [0.3, 0.4) is 0 Å². The van der Waals surface area contributed by atoms with Crippen molar-refractivity contribution in [1.29, 1.82) is 0 Å². The van der Waals surface area contributed by atoms with Crippen LogP contribution in [0.1, 0.15) is 21.6 Å². The molecule has 5 rings (SSSR count). The molecule has 0 spiro atoms. The first-order valence-corrected chi connectivity index (χ1v) is 10.1. The highest BCUT2D eigenvalue weighted by Crippen LogP contribution is 2.43. The fourth-order valence-electron chi connectivity index (χ4n) is 3.50. The minimum Gasteiger partial charge on any atom is -0.454 e. The van der Waals surface area contributed by atoms with Gasteiger partial charge in [-0.15, -0.1) is 11.8 Å². The summed E-state index contributed by atoms with van der Waals surface area (Å²) < 4.78 is 12.5. The maximum absolute atomic E-state index is 12.8. The number of carbonyl (C=O) groups excluding carboxylic acids is 1. The molecule has 0 saturated carbocycles. The van der Waals surface area contributed by atoms with Crippen molar-refractivity contribution in [2.45, 2.75) is 17.2 Å². The standard InChI is InChI=1S/C20H16ClN3O3S/c1-24-19-13-7-12(21)3-5-17(13)28-9-14(19)18(23-24)20(25)22-8-11-2-4-15-16(6-11)27-10-26-15/h2-7H,8-10H2,1H3,(H,22,25). The Kier molecular flexibility index (Phi) is 4.21. The van der Waals surface area contributed by atoms with E-state index in [-0.39, 0.29) is 12.7 Å². The van der Waals surface area contributed by atoms with Gasteiger partial charge in [-0.1, -0.05) is 17.7 Å². The van der Waals surface area contributed by atoms with E-state index in [2.05, 4.69) is 10.4 Å². The number of rotatable bonds is 3. The average molecular weight is 414 g/mol. The largest absolute Gasteiger partial charge is 0.454 e. The Hall–Kier alpha value is -2.64. The minimum atomic E-state index is -0.194. The normalized spacial score (nSPS) is 13.8. The highest BCUT2D eigenvalue weighted by molar-refractivity contribution is 7.98. The lowest BCUT2D eigenvalue weighted by atomic mass is 10.1. The third-order valence-corrected chi connectivity index (χ3v) is 6.15. The first kappa shape index (κ1) is 17.5. The molecule has 2 aromatic carbocycles. The monoisotopic (exact) mass is 413 g/mol. The average Bonchev–Trinajstić information content (AvgIpc) is 3.30. The SMILES string of the molecule is Cn1nc(C(=O)NCc2ccc3c(c2)OCO3)c2c1-c1cc(Cl)ccc1SC2. The summed E-state index contributed by atoms with van der Waals surface area (Å²) in [5.41, 5.74) is 4.30. The molecule has 0 atom stereocenters. The van der Waals surface area contributed by atoms with E-state index in [0.29, 0.717) is 28.8 Å². The van der Waals surface area contributed by atoms with Crippen molar-refractivity contribution in [3.05, 3.63) is 58.2 Å². The summed E-state index contributed by atoms with van der Waals surface area (Å²) in [7, 11) is 1.86. The molecule has 2 aliphatic heterocycles. The van der Waals surface area contributed by atoms with Crippen LogP contribution in [0.5, 0.6) is 11.5 Å². The van der Waals surface area contributed by atoms with E-state index in [1.165, 1.54) is 0 Å². The molecule has 2 aliphatic rings. The maximum Gasteiger partial charge on any atom is 0.272 e. The number of fused-ring (bicyclic) bond motifs is 4. The number of amides is 1. The Balaban J connectivity index is 1.40. The Morgan fingerprint density at radius 2 is 2.11 bits per heavy atom.